The Morgan fingerprint density at radius 2 is 1.52 bits per heavy atom. The number of nitrogens with zero attached hydrogens (tertiary/aromatic N) is 1. The average Bonchev–Trinajstić information content (AvgIpc) is 2.99. The van der Waals surface area contributed by atoms with Gasteiger partial charge in [-0.05, 0) is 55.3 Å². The van der Waals surface area contributed by atoms with E-state index in [1.807, 2.05) is 12.2 Å². The van der Waals surface area contributed by atoms with Crippen molar-refractivity contribution in [2.24, 2.45) is 11.8 Å². The molecule has 2 aliphatic rings. The Bertz CT molecular complexity index is 1020. The maximum absolute atomic E-state index is 12.6. The van der Waals surface area contributed by atoms with Crippen molar-refractivity contribution in [2.75, 3.05) is 10.2 Å². The number of allylic oxidation sites excluding steroid dienone is 2. The van der Waals surface area contributed by atoms with Gasteiger partial charge in [-0.2, -0.15) is 0 Å². The van der Waals surface area contributed by atoms with Crippen LogP contribution in [0.2, 0.25) is 0 Å². The van der Waals surface area contributed by atoms with E-state index in [2.05, 4.69) is 5.32 Å². The third-order valence-corrected chi connectivity index (χ3v) is 5.26. The Hall–Kier alpha value is -3.74. The smallest absolute Gasteiger partial charge is 0.335 e. The number of carboxylic acids is 1. The number of hydrogen-bond donors (Lipinski definition) is 2. The summed E-state index contributed by atoms with van der Waals surface area (Å²) in [6.07, 6.45) is 5.01. The van der Waals surface area contributed by atoms with Gasteiger partial charge in [-0.15, -0.1) is 0 Å². The van der Waals surface area contributed by atoms with Crippen LogP contribution >= 0.6 is 0 Å². The summed E-state index contributed by atoms with van der Waals surface area (Å²) in [6, 6.07) is 12.2. The number of hydrogen-bond acceptors (Lipinski definition) is 4. The molecule has 0 saturated carbocycles. The number of amides is 3. The molecule has 0 radical (unpaired) electrons. The first-order valence-corrected chi connectivity index (χ1v) is 9.23. The summed E-state index contributed by atoms with van der Waals surface area (Å²) in [4.78, 5) is 50.0. The van der Waals surface area contributed by atoms with Crippen molar-refractivity contribution in [2.45, 2.75) is 12.8 Å². The number of aromatic carboxylic acids is 1. The molecule has 0 aromatic heterocycles. The number of carboxylic acid groups (broad SMARTS) is 1. The highest BCUT2D eigenvalue weighted by Gasteiger charge is 2.47. The number of nitrogens with one attached hydrogen (secondary N) is 1. The van der Waals surface area contributed by atoms with Crippen molar-refractivity contribution < 1.29 is 24.3 Å². The predicted molar refractivity (Wildman–Crippen MR) is 106 cm³/mol. The zero-order valence-corrected chi connectivity index (χ0v) is 15.4. The molecular formula is C22H18N2O5. The number of carbonyl (C=O) groups excluding carboxylic acids is 3. The van der Waals surface area contributed by atoms with E-state index in [0.717, 1.165) is 0 Å². The van der Waals surface area contributed by atoms with Gasteiger partial charge in [0.2, 0.25) is 11.8 Å². The third kappa shape index (κ3) is 3.42. The number of carbonyl (C=O) groups is 4. The highest BCUT2D eigenvalue weighted by atomic mass is 16.4. The fourth-order valence-corrected chi connectivity index (χ4v) is 3.75. The van der Waals surface area contributed by atoms with E-state index >= 15 is 0 Å². The Balaban J connectivity index is 1.50. The topological polar surface area (TPSA) is 104 Å². The molecule has 7 heteroatoms. The lowest BCUT2D eigenvalue weighted by Crippen LogP contribution is -2.30. The van der Waals surface area contributed by atoms with Crippen molar-refractivity contribution in [1.29, 1.82) is 0 Å². The summed E-state index contributed by atoms with van der Waals surface area (Å²) in [6.45, 7) is 0. The number of imide groups is 1. The second kappa shape index (κ2) is 7.35. The molecule has 4 rings (SSSR count). The molecule has 0 unspecified atom stereocenters. The van der Waals surface area contributed by atoms with Gasteiger partial charge in [0.05, 0.1) is 23.1 Å². The maximum atomic E-state index is 12.6. The molecule has 1 saturated heterocycles. The largest absolute Gasteiger partial charge is 0.478 e. The molecule has 1 fully saturated rings. The first-order chi connectivity index (χ1) is 14.0. The van der Waals surface area contributed by atoms with E-state index in [-0.39, 0.29) is 29.2 Å². The minimum atomic E-state index is -1.08. The zero-order valence-electron chi connectivity index (χ0n) is 15.4. The molecular weight excluding hydrogens is 372 g/mol. The van der Waals surface area contributed by atoms with Crippen LogP contribution in [0.15, 0.2) is 60.7 Å². The van der Waals surface area contributed by atoms with Crippen LogP contribution in [-0.4, -0.2) is 28.8 Å². The van der Waals surface area contributed by atoms with Crippen LogP contribution in [0.4, 0.5) is 11.4 Å². The van der Waals surface area contributed by atoms with Gasteiger partial charge in [0.15, 0.2) is 0 Å². The zero-order chi connectivity index (χ0) is 20.5. The van der Waals surface area contributed by atoms with E-state index in [0.29, 0.717) is 29.8 Å². The van der Waals surface area contributed by atoms with Crippen molar-refractivity contribution in [3.8, 4) is 0 Å². The van der Waals surface area contributed by atoms with Gasteiger partial charge in [0, 0.05) is 11.3 Å². The summed E-state index contributed by atoms with van der Waals surface area (Å²) >= 11 is 0. The molecule has 1 heterocycles. The van der Waals surface area contributed by atoms with E-state index in [9.17, 15) is 19.2 Å². The molecule has 1 aliphatic carbocycles. The molecule has 3 amide bonds. The molecule has 2 aromatic rings. The molecule has 146 valence electrons. The lowest BCUT2D eigenvalue weighted by atomic mass is 9.85. The summed E-state index contributed by atoms with van der Waals surface area (Å²) in [7, 11) is 0. The summed E-state index contributed by atoms with van der Waals surface area (Å²) < 4.78 is 0. The second-order valence-corrected chi connectivity index (χ2v) is 7.05. The highest BCUT2D eigenvalue weighted by Crippen LogP contribution is 2.37. The van der Waals surface area contributed by atoms with Crippen LogP contribution in [-0.2, 0) is 9.59 Å². The van der Waals surface area contributed by atoms with Gasteiger partial charge in [0.25, 0.3) is 5.91 Å². The summed E-state index contributed by atoms with van der Waals surface area (Å²) in [5.74, 6) is -2.52. The third-order valence-electron chi connectivity index (χ3n) is 5.26. The first kappa shape index (κ1) is 18.6. The van der Waals surface area contributed by atoms with E-state index in [1.165, 1.54) is 29.2 Å². The highest BCUT2D eigenvalue weighted by molar-refractivity contribution is 6.22. The van der Waals surface area contributed by atoms with Crippen LogP contribution in [0.5, 0.6) is 0 Å². The minimum Gasteiger partial charge on any atom is -0.478 e. The van der Waals surface area contributed by atoms with Crippen molar-refractivity contribution in [3.63, 3.8) is 0 Å². The number of rotatable bonds is 4. The summed E-state index contributed by atoms with van der Waals surface area (Å²) in [5.41, 5.74) is 1.20. The van der Waals surface area contributed by atoms with Gasteiger partial charge in [-0.25, -0.2) is 4.79 Å². The van der Waals surface area contributed by atoms with Crippen LogP contribution in [0.3, 0.4) is 0 Å². The molecule has 29 heavy (non-hydrogen) atoms. The van der Waals surface area contributed by atoms with Crippen molar-refractivity contribution >= 4 is 35.1 Å². The van der Waals surface area contributed by atoms with Gasteiger partial charge in [0.1, 0.15) is 0 Å². The average molecular weight is 390 g/mol. The molecule has 2 N–H and O–H groups in total. The standard InChI is InChI=1S/C22H18N2O5/c25-19(23-15-5-3-4-14(12-15)22(28)29)13-8-10-16(11-9-13)24-20(26)17-6-1-2-7-18(17)21(24)27/h1-5,8-12,17-18H,6-7H2,(H,23,25)(H,28,29)/t17-,18+. The molecule has 0 bridgehead atoms. The fourth-order valence-electron chi connectivity index (χ4n) is 3.75. The molecule has 2 atom stereocenters. The monoisotopic (exact) mass is 390 g/mol. The van der Waals surface area contributed by atoms with Crippen LogP contribution < -0.4 is 10.2 Å². The molecule has 7 nitrogen and oxygen atoms in total. The van der Waals surface area contributed by atoms with Crippen LogP contribution in [0.1, 0.15) is 33.6 Å². The Labute approximate surface area is 166 Å². The quantitative estimate of drug-likeness (QED) is 0.617. The number of fused-ring (bicyclic) bond motifs is 1. The van der Waals surface area contributed by atoms with Gasteiger partial charge < -0.3 is 10.4 Å². The van der Waals surface area contributed by atoms with E-state index in [1.54, 1.807) is 24.3 Å². The van der Waals surface area contributed by atoms with Gasteiger partial charge >= 0.3 is 5.97 Å². The van der Waals surface area contributed by atoms with Crippen LogP contribution in [0.25, 0.3) is 0 Å². The normalized spacial score (nSPS) is 20.5. The first-order valence-electron chi connectivity index (χ1n) is 9.23. The number of benzene rings is 2. The van der Waals surface area contributed by atoms with Gasteiger partial charge in [-0.1, -0.05) is 18.2 Å². The van der Waals surface area contributed by atoms with Gasteiger partial charge in [-0.3, -0.25) is 19.3 Å². The Morgan fingerprint density at radius 3 is 2.10 bits per heavy atom. The fraction of sp³-hybridized carbons (Fsp3) is 0.182. The maximum Gasteiger partial charge on any atom is 0.335 e. The summed E-state index contributed by atoms with van der Waals surface area (Å²) in [5, 5.41) is 11.7. The lowest BCUT2D eigenvalue weighted by molar-refractivity contribution is -0.122. The van der Waals surface area contributed by atoms with E-state index < -0.39 is 11.9 Å². The molecule has 2 aromatic carbocycles. The minimum absolute atomic E-state index is 0.0696. The Morgan fingerprint density at radius 1 is 0.897 bits per heavy atom. The second-order valence-electron chi connectivity index (χ2n) is 7.05. The van der Waals surface area contributed by atoms with Crippen LogP contribution in [0, 0.1) is 11.8 Å². The predicted octanol–water partition coefficient (Wildman–Crippen LogP) is 3.09. The molecule has 0 spiro atoms. The SMILES string of the molecule is O=C(O)c1cccc(NC(=O)c2ccc(N3C(=O)[C@H]4CC=CC[C@H]4C3=O)cc2)c1. The number of anilines is 2. The lowest BCUT2D eigenvalue weighted by Gasteiger charge is -2.15. The van der Waals surface area contributed by atoms with Crippen molar-refractivity contribution in [3.05, 3.63) is 71.8 Å². The van der Waals surface area contributed by atoms with E-state index in [4.69, 9.17) is 5.11 Å². The Kier molecular flexibility index (Phi) is 4.72. The van der Waals surface area contributed by atoms with Crippen molar-refractivity contribution in [1.82, 2.24) is 0 Å². The molecule has 1 aliphatic heterocycles.